The Balaban J connectivity index is 2.20. The van der Waals surface area contributed by atoms with Crippen molar-refractivity contribution in [3.8, 4) is 16.9 Å². The number of carbonyl (C=O) groups is 1. The van der Waals surface area contributed by atoms with Gasteiger partial charge in [-0.25, -0.2) is 4.98 Å². The molecule has 0 saturated carbocycles. The number of aryl methyl sites for hydroxylation is 1. The summed E-state index contributed by atoms with van der Waals surface area (Å²) in [5.41, 5.74) is 6.83. The number of thiophene rings is 1. The Morgan fingerprint density at radius 1 is 1.40 bits per heavy atom. The third-order valence-electron chi connectivity index (χ3n) is 4.05. The Kier molecular flexibility index (Phi) is 4.85. The van der Waals surface area contributed by atoms with Crippen molar-refractivity contribution in [2.45, 2.75) is 26.3 Å². The van der Waals surface area contributed by atoms with Crippen molar-refractivity contribution in [1.82, 2.24) is 9.55 Å². The van der Waals surface area contributed by atoms with Crippen molar-refractivity contribution in [3.63, 3.8) is 0 Å². The number of methoxy groups -OCH3 is 1. The van der Waals surface area contributed by atoms with Gasteiger partial charge in [-0.2, -0.15) is 0 Å². The van der Waals surface area contributed by atoms with Gasteiger partial charge in [0.2, 0.25) is 5.91 Å². The van der Waals surface area contributed by atoms with Crippen molar-refractivity contribution in [1.29, 1.82) is 0 Å². The number of nitrogens with two attached hydrogens (primary N) is 1. The number of nitrogens with zero attached hydrogens (tertiary/aromatic N) is 2. The van der Waals surface area contributed by atoms with E-state index in [1.54, 1.807) is 11.7 Å². The molecule has 0 radical (unpaired) electrons. The zero-order valence-electron chi connectivity index (χ0n) is 14.1. The van der Waals surface area contributed by atoms with Gasteiger partial charge in [0.1, 0.15) is 16.4 Å². The average molecular weight is 357 g/mol. The molecule has 2 N–H and O–H groups in total. The van der Waals surface area contributed by atoms with Crippen molar-refractivity contribution in [2.24, 2.45) is 5.73 Å². The highest BCUT2D eigenvalue weighted by Gasteiger charge is 2.17. The second-order valence-corrected chi connectivity index (χ2v) is 6.47. The van der Waals surface area contributed by atoms with Crippen molar-refractivity contribution < 1.29 is 9.53 Å². The molecule has 0 spiro atoms. The highest BCUT2D eigenvalue weighted by atomic mass is 32.1. The molecule has 130 valence electrons. The minimum atomic E-state index is -0.438. The zero-order chi connectivity index (χ0) is 18.0. The lowest BCUT2D eigenvalue weighted by molar-refractivity contribution is -0.118. The Bertz CT molecular complexity index is 991. The smallest absolute Gasteiger partial charge is 0.262 e. The Morgan fingerprint density at radius 2 is 2.20 bits per heavy atom. The fourth-order valence-corrected chi connectivity index (χ4v) is 3.75. The van der Waals surface area contributed by atoms with E-state index in [-0.39, 0.29) is 18.5 Å². The minimum Gasteiger partial charge on any atom is -0.497 e. The quantitative estimate of drug-likeness (QED) is 0.734. The number of ether oxygens (including phenoxy) is 1. The fourth-order valence-electron chi connectivity index (χ4n) is 2.79. The Morgan fingerprint density at radius 3 is 2.88 bits per heavy atom. The van der Waals surface area contributed by atoms with Crippen LogP contribution in [0.2, 0.25) is 0 Å². The van der Waals surface area contributed by atoms with Crippen LogP contribution in [0.15, 0.2) is 34.4 Å². The molecule has 3 aromatic rings. The molecule has 0 unspecified atom stereocenters. The first-order chi connectivity index (χ1) is 12.0. The molecular formula is C18H19N3O3S. The summed E-state index contributed by atoms with van der Waals surface area (Å²) in [6.45, 7) is 2.18. The summed E-state index contributed by atoms with van der Waals surface area (Å²) in [5.74, 6) is 0.953. The van der Waals surface area contributed by atoms with Crippen molar-refractivity contribution in [3.05, 3.63) is 45.8 Å². The van der Waals surface area contributed by atoms with Crippen LogP contribution in [0.25, 0.3) is 21.3 Å². The molecule has 0 saturated heterocycles. The van der Waals surface area contributed by atoms with Crippen molar-refractivity contribution >= 4 is 27.5 Å². The van der Waals surface area contributed by atoms with E-state index < -0.39 is 5.91 Å². The molecule has 0 atom stereocenters. The lowest BCUT2D eigenvalue weighted by Crippen LogP contribution is -2.27. The van der Waals surface area contributed by atoms with Gasteiger partial charge >= 0.3 is 0 Å². The molecule has 7 heteroatoms. The SMILES string of the molecule is CCc1nc2scc(-c3cccc(OC)c3)c2c(=O)n1CCC(N)=O. The molecule has 0 fully saturated rings. The number of fused-ring (bicyclic) bond motifs is 1. The second-order valence-electron chi connectivity index (χ2n) is 5.62. The van der Waals surface area contributed by atoms with E-state index in [0.29, 0.717) is 22.5 Å². The van der Waals surface area contributed by atoms with Gasteiger partial charge in [-0.15, -0.1) is 11.3 Å². The summed E-state index contributed by atoms with van der Waals surface area (Å²) >= 11 is 1.44. The maximum Gasteiger partial charge on any atom is 0.262 e. The largest absolute Gasteiger partial charge is 0.497 e. The molecule has 1 amide bonds. The van der Waals surface area contributed by atoms with Crippen LogP contribution in [0.1, 0.15) is 19.2 Å². The van der Waals surface area contributed by atoms with Crippen LogP contribution in [0.5, 0.6) is 5.75 Å². The second kappa shape index (κ2) is 7.06. The van der Waals surface area contributed by atoms with Gasteiger partial charge in [-0.3, -0.25) is 14.2 Å². The number of rotatable bonds is 6. The lowest BCUT2D eigenvalue weighted by Gasteiger charge is -2.11. The molecule has 0 aliphatic heterocycles. The van der Waals surface area contributed by atoms with Crippen LogP contribution in [0, 0.1) is 0 Å². The molecular weight excluding hydrogens is 338 g/mol. The number of hydrogen-bond acceptors (Lipinski definition) is 5. The summed E-state index contributed by atoms with van der Waals surface area (Å²) < 4.78 is 6.83. The zero-order valence-corrected chi connectivity index (χ0v) is 14.9. The summed E-state index contributed by atoms with van der Waals surface area (Å²) in [5, 5.41) is 2.51. The lowest BCUT2D eigenvalue weighted by atomic mass is 10.1. The predicted molar refractivity (Wildman–Crippen MR) is 99.1 cm³/mol. The number of amides is 1. The molecule has 0 aliphatic rings. The average Bonchev–Trinajstić information content (AvgIpc) is 3.04. The molecule has 25 heavy (non-hydrogen) atoms. The predicted octanol–water partition coefficient (Wildman–Crippen LogP) is 2.57. The normalized spacial score (nSPS) is 11.0. The van der Waals surface area contributed by atoms with Crippen LogP contribution in [0.3, 0.4) is 0 Å². The maximum absolute atomic E-state index is 13.1. The van der Waals surface area contributed by atoms with E-state index in [1.165, 1.54) is 11.3 Å². The van der Waals surface area contributed by atoms with E-state index in [0.717, 1.165) is 16.9 Å². The topological polar surface area (TPSA) is 87.2 Å². The van der Waals surface area contributed by atoms with Crippen LogP contribution in [-0.2, 0) is 17.8 Å². The summed E-state index contributed by atoms with van der Waals surface area (Å²) in [4.78, 5) is 29.5. The molecule has 0 aliphatic carbocycles. The van der Waals surface area contributed by atoms with Crippen LogP contribution < -0.4 is 16.0 Å². The van der Waals surface area contributed by atoms with E-state index >= 15 is 0 Å². The number of primary amides is 1. The monoisotopic (exact) mass is 357 g/mol. The third-order valence-corrected chi connectivity index (χ3v) is 4.92. The van der Waals surface area contributed by atoms with Gasteiger partial charge < -0.3 is 10.5 Å². The van der Waals surface area contributed by atoms with Gasteiger partial charge in [-0.05, 0) is 17.7 Å². The number of benzene rings is 1. The first kappa shape index (κ1) is 17.2. The van der Waals surface area contributed by atoms with Crippen LogP contribution in [-0.4, -0.2) is 22.6 Å². The van der Waals surface area contributed by atoms with Crippen LogP contribution >= 0.6 is 11.3 Å². The Hall–Kier alpha value is -2.67. The fraction of sp³-hybridized carbons (Fsp3) is 0.278. The van der Waals surface area contributed by atoms with Gasteiger partial charge in [0.05, 0.1) is 12.5 Å². The maximum atomic E-state index is 13.1. The summed E-state index contributed by atoms with van der Waals surface area (Å²) in [6.07, 6.45) is 0.717. The first-order valence-corrected chi connectivity index (χ1v) is 8.86. The van der Waals surface area contributed by atoms with E-state index in [4.69, 9.17) is 10.5 Å². The summed E-state index contributed by atoms with van der Waals surface area (Å²) in [6, 6.07) is 7.57. The third kappa shape index (κ3) is 3.28. The minimum absolute atomic E-state index is 0.110. The number of carbonyl (C=O) groups excluding carboxylic acids is 1. The molecule has 0 bridgehead atoms. The first-order valence-electron chi connectivity index (χ1n) is 7.98. The molecule has 1 aromatic carbocycles. The molecule has 3 rings (SSSR count). The number of hydrogen-bond donors (Lipinski definition) is 1. The van der Waals surface area contributed by atoms with E-state index in [1.807, 2.05) is 36.6 Å². The Labute approximate surface area is 148 Å². The van der Waals surface area contributed by atoms with Gasteiger partial charge in [0.15, 0.2) is 0 Å². The molecule has 2 heterocycles. The van der Waals surface area contributed by atoms with E-state index in [2.05, 4.69) is 4.98 Å². The summed E-state index contributed by atoms with van der Waals surface area (Å²) in [7, 11) is 1.61. The molecule has 6 nitrogen and oxygen atoms in total. The van der Waals surface area contributed by atoms with Gasteiger partial charge in [0, 0.05) is 30.3 Å². The number of aromatic nitrogens is 2. The standard InChI is InChI=1S/C18H19N3O3S/c1-3-15-20-17-16(18(23)21(15)8-7-14(19)22)13(10-25-17)11-5-4-6-12(9-11)24-2/h4-6,9-10H,3,7-8H2,1-2H3,(H2,19,22). The van der Waals surface area contributed by atoms with Crippen molar-refractivity contribution in [2.75, 3.05) is 7.11 Å². The highest BCUT2D eigenvalue weighted by Crippen LogP contribution is 2.32. The van der Waals surface area contributed by atoms with E-state index in [9.17, 15) is 9.59 Å². The van der Waals surface area contributed by atoms with Crippen LogP contribution in [0.4, 0.5) is 0 Å². The highest BCUT2D eigenvalue weighted by molar-refractivity contribution is 7.17. The molecule has 2 aromatic heterocycles. The van der Waals surface area contributed by atoms with Gasteiger partial charge in [-0.1, -0.05) is 19.1 Å². The van der Waals surface area contributed by atoms with Gasteiger partial charge in [0.25, 0.3) is 5.56 Å².